The van der Waals surface area contributed by atoms with Crippen molar-refractivity contribution in [2.45, 2.75) is 23.8 Å². The van der Waals surface area contributed by atoms with Crippen molar-refractivity contribution in [3.05, 3.63) is 24.3 Å². The second-order valence-electron chi connectivity index (χ2n) is 6.17. The van der Waals surface area contributed by atoms with E-state index in [4.69, 9.17) is 0 Å². The Bertz CT molecular complexity index is 607. The van der Waals surface area contributed by atoms with Gasteiger partial charge in [-0.15, -0.1) is 0 Å². The van der Waals surface area contributed by atoms with Crippen LogP contribution in [0.2, 0.25) is 0 Å². The van der Waals surface area contributed by atoms with E-state index in [0.717, 1.165) is 12.2 Å². The molecule has 3 fully saturated rings. The number of para-hydroxylation sites is 1. The number of hydrogen-bond donors (Lipinski definition) is 1. The maximum atomic E-state index is 12.4. The normalized spacial score (nSPS) is 28.8. The highest BCUT2D eigenvalue weighted by atomic mass is 32.2. The first-order chi connectivity index (χ1) is 9.98. The van der Waals surface area contributed by atoms with Crippen molar-refractivity contribution >= 4 is 15.7 Å². The predicted octanol–water partition coefficient (Wildman–Crippen LogP) is 1.44. The third kappa shape index (κ3) is 2.80. The molecule has 3 saturated heterocycles. The number of rotatable bonds is 4. The number of sulfonamides is 1. The summed E-state index contributed by atoms with van der Waals surface area (Å²) in [5, 5.41) is 3.49. The molecule has 0 radical (unpaired) electrons. The average molecular weight is 309 g/mol. The lowest BCUT2D eigenvalue weighted by Gasteiger charge is -2.45. The largest absolute Gasteiger partial charge is 0.380 e. The minimum absolute atomic E-state index is 0.353. The highest BCUT2D eigenvalue weighted by Crippen LogP contribution is 2.32. The van der Waals surface area contributed by atoms with Crippen LogP contribution in [0.25, 0.3) is 0 Å². The first-order valence-corrected chi connectivity index (χ1v) is 8.93. The molecular formula is C15H23N3O2S. The molecule has 5 nitrogen and oxygen atoms in total. The van der Waals surface area contributed by atoms with Crippen molar-refractivity contribution in [3.8, 4) is 0 Å². The summed E-state index contributed by atoms with van der Waals surface area (Å²) in [6.07, 6.45) is 2.42. The molecule has 1 atom stereocenters. The van der Waals surface area contributed by atoms with E-state index in [2.05, 4.69) is 10.2 Å². The lowest BCUT2D eigenvalue weighted by atomic mass is 9.84. The number of nitrogens with one attached hydrogen (secondary N) is 1. The summed E-state index contributed by atoms with van der Waals surface area (Å²) >= 11 is 0. The van der Waals surface area contributed by atoms with Gasteiger partial charge in [0.15, 0.2) is 0 Å². The second-order valence-corrected chi connectivity index (χ2v) is 8.29. The second kappa shape index (κ2) is 5.59. The van der Waals surface area contributed by atoms with E-state index in [9.17, 15) is 8.42 Å². The predicted molar refractivity (Wildman–Crippen MR) is 83.9 cm³/mol. The van der Waals surface area contributed by atoms with Crippen LogP contribution < -0.4 is 5.32 Å². The van der Waals surface area contributed by atoms with Gasteiger partial charge in [-0.05, 0) is 44.0 Å². The van der Waals surface area contributed by atoms with Crippen molar-refractivity contribution in [1.29, 1.82) is 0 Å². The first-order valence-electron chi connectivity index (χ1n) is 7.49. The quantitative estimate of drug-likeness (QED) is 0.914. The summed E-state index contributed by atoms with van der Waals surface area (Å²) in [7, 11) is -0.274. The average Bonchev–Trinajstić information content (AvgIpc) is 2.49. The first kappa shape index (κ1) is 14.8. The highest BCUT2D eigenvalue weighted by molar-refractivity contribution is 7.89. The summed E-state index contributed by atoms with van der Waals surface area (Å²) in [5.74, 6) is 0.658. The molecule has 1 aromatic carbocycles. The molecule has 21 heavy (non-hydrogen) atoms. The maximum Gasteiger partial charge on any atom is 0.244 e. The third-order valence-electron chi connectivity index (χ3n) is 4.64. The number of nitrogens with zero attached hydrogens (tertiary/aromatic N) is 2. The summed E-state index contributed by atoms with van der Waals surface area (Å²) in [4.78, 5) is 2.83. The molecule has 4 rings (SSSR count). The summed E-state index contributed by atoms with van der Waals surface area (Å²) in [5.41, 5.74) is 0.727. The number of fused-ring (bicyclic) bond motifs is 3. The van der Waals surface area contributed by atoms with E-state index in [1.165, 1.54) is 30.2 Å². The van der Waals surface area contributed by atoms with Crippen LogP contribution in [0.3, 0.4) is 0 Å². The molecule has 1 unspecified atom stereocenters. The molecule has 6 heteroatoms. The molecule has 3 aliphatic heterocycles. The fraction of sp³-hybridized carbons (Fsp3) is 0.600. The van der Waals surface area contributed by atoms with Crippen molar-refractivity contribution in [2.75, 3.05) is 39.0 Å². The molecule has 0 amide bonds. The van der Waals surface area contributed by atoms with Gasteiger partial charge in [0.05, 0.1) is 5.69 Å². The molecule has 0 spiro atoms. The van der Waals surface area contributed by atoms with Gasteiger partial charge in [0.1, 0.15) is 4.90 Å². The van der Waals surface area contributed by atoms with Crippen LogP contribution >= 0.6 is 0 Å². The summed E-state index contributed by atoms with van der Waals surface area (Å²) in [6, 6.07) is 7.56. The van der Waals surface area contributed by atoms with Crippen molar-refractivity contribution < 1.29 is 8.42 Å². The molecule has 2 bridgehead atoms. The smallest absolute Gasteiger partial charge is 0.244 e. The van der Waals surface area contributed by atoms with Crippen LogP contribution in [0, 0.1) is 5.92 Å². The Hall–Kier alpha value is -1.11. The molecule has 1 N–H and O–H groups in total. The van der Waals surface area contributed by atoms with Gasteiger partial charge in [0, 0.05) is 26.7 Å². The molecule has 0 aromatic heterocycles. The van der Waals surface area contributed by atoms with Gasteiger partial charge in [-0.3, -0.25) is 0 Å². The molecule has 1 aromatic rings. The minimum Gasteiger partial charge on any atom is -0.380 e. The summed E-state index contributed by atoms with van der Waals surface area (Å²) < 4.78 is 26.1. The molecule has 0 aliphatic carbocycles. The van der Waals surface area contributed by atoms with Gasteiger partial charge in [0.2, 0.25) is 10.0 Å². The Labute approximate surface area is 127 Å². The molecule has 3 aliphatic rings. The van der Waals surface area contributed by atoms with Crippen LogP contribution in [-0.2, 0) is 10.0 Å². The van der Waals surface area contributed by atoms with Gasteiger partial charge in [-0.25, -0.2) is 12.7 Å². The standard InChI is InChI=1S/C15H23N3O2S/c1-17(2)21(19,20)15-6-4-3-5-13(15)16-14-11-18-9-7-12(14)8-10-18/h3-6,12,14,16H,7-11H2,1-2H3. The van der Waals surface area contributed by atoms with Gasteiger partial charge >= 0.3 is 0 Å². The van der Waals surface area contributed by atoms with Crippen LogP contribution in [0.1, 0.15) is 12.8 Å². The lowest BCUT2D eigenvalue weighted by Crippen LogP contribution is -2.53. The van der Waals surface area contributed by atoms with Crippen LogP contribution in [0.15, 0.2) is 29.2 Å². The fourth-order valence-electron chi connectivity index (χ4n) is 3.34. The Balaban J connectivity index is 1.87. The Morgan fingerprint density at radius 2 is 1.86 bits per heavy atom. The fourth-order valence-corrected chi connectivity index (χ4v) is 4.38. The minimum atomic E-state index is -3.41. The van der Waals surface area contributed by atoms with Gasteiger partial charge < -0.3 is 10.2 Å². The number of anilines is 1. The van der Waals surface area contributed by atoms with Gasteiger partial charge in [0.25, 0.3) is 0 Å². The van der Waals surface area contributed by atoms with E-state index in [1.54, 1.807) is 26.2 Å². The lowest BCUT2D eigenvalue weighted by molar-refractivity contribution is 0.0974. The zero-order chi connectivity index (χ0) is 15.0. The zero-order valence-electron chi connectivity index (χ0n) is 12.6. The van der Waals surface area contributed by atoms with Crippen molar-refractivity contribution in [3.63, 3.8) is 0 Å². The third-order valence-corrected chi connectivity index (χ3v) is 6.52. The number of piperidine rings is 3. The number of hydrogen-bond acceptors (Lipinski definition) is 4. The van der Waals surface area contributed by atoms with E-state index in [0.29, 0.717) is 16.9 Å². The van der Waals surface area contributed by atoms with Crippen LogP contribution in [0.4, 0.5) is 5.69 Å². The Kier molecular flexibility index (Phi) is 3.94. The van der Waals surface area contributed by atoms with Crippen molar-refractivity contribution in [1.82, 2.24) is 9.21 Å². The monoisotopic (exact) mass is 309 g/mol. The van der Waals surface area contributed by atoms with Crippen LogP contribution in [0.5, 0.6) is 0 Å². The zero-order valence-corrected chi connectivity index (χ0v) is 13.4. The molecule has 116 valence electrons. The molecule has 3 heterocycles. The van der Waals surface area contributed by atoms with Crippen LogP contribution in [-0.4, -0.2) is 57.4 Å². The summed E-state index contributed by atoms with van der Waals surface area (Å²) in [6.45, 7) is 3.38. The highest BCUT2D eigenvalue weighted by Gasteiger charge is 2.34. The van der Waals surface area contributed by atoms with E-state index in [-0.39, 0.29) is 0 Å². The molecular weight excluding hydrogens is 286 g/mol. The van der Waals surface area contributed by atoms with Gasteiger partial charge in [-0.1, -0.05) is 12.1 Å². The Morgan fingerprint density at radius 3 is 2.43 bits per heavy atom. The molecule has 0 saturated carbocycles. The Morgan fingerprint density at radius 1 is 1.19 bits per heavy atom. The van der Waals surface area contributed by atoms with E-state index >= 15 is 0 Å². The van der Waals surface area contributed by atoms with E-state index in [1.807, 2.05) is 12.1 Å². The SMILES string of the molecule is CN(C)S(=O)(=O)c1ccccc1NC1CN2CCC1CC2. The maximum absolute atomic E-state index is 12.4. The van der Waals surface area contributed by atoms with Crippen molar-refractivity contribution in [2.24, 2.45) is 5.92 Å². The van der Waals surface area contributed by atoms with E-state index < -0.39 is 10.0 Å². The topological polar surface area (TPSA) is 52.7 Å². The number of benzene rings is 1. The van der Waals surface area contributed by atoms with Gasteiger partial charge in [-0.2, -0.15) is 0 Å².